The number of para-hydroxylation sites is 1. The molecular formula is C20H22Cl2N2O. The highest BCUT2D eigenvalue weighted by Gasteiger charge is 2.24. The molecule has 1 atom stereocenters. The van der Waals surface area contributed by atoms with Gasteiger partial charge in [0.1, 0.15) is 0 Å². The largest absolute Gasteiger partial charge is 0.367 e. The molecule has 1 saturated heterocycles. The number of carbonyl (C=O) groups excluding carboxylic acids is 1. The van der Waals surface area contributed by atoms with Crippen molar-refractivity contribution >= 4 is 34.8 Å². The third kappa shape index (κ3) is 4.90. The fraction of sp³-hybridized carbons (Fsp3) is 0.350. The van der Waals surface area contributed by atoms with Crippen LogP contribution >= 0.6 is 23.2 Å². The number of hydrogen-bond donors (Lipinski definition) is 1. The molecule has 1 aliphatic heterocycles. The summed E-state index contributed by atoms with van der Waals surface area (Å²) >= 11 is 11.9. The van der Waals surface area contributed by atoms with Crippen LogP contribution in [-0.2, 0) is 11.2 Å². The number of nitrogens with one attached hydrogen (secondary N) is 1. The number of nitrogens with zero attached hydrogens (tertiary/aromatic N) is 1. The van der Waals surface area contributed by atoms with Gasteiger partial charge in [-0.2, -0.15) is 0 Å². The Kier molecular flexibility index (Phi) is 6.22. The minimum Gasteiger partial charge on any atom is -0.367 e. The Morgan fingerprint density at radius 2 is 1.92 bits per heavy atom. The predicted molar refractivity (Wildman–Crippen MR) is 105 cm³/mol. The molecule has 132 valence electrons. The van der Waals surface area contributed by atoms with E-state index >= 15 is 0 Å². The molecule has 2 aromatic rings. The van der Waals surface area contributed by atoms with Gasteiger partial charge in [0.2, 0.25) is 5.91 Å². The summed E-state index contributed by atoms with van der Waals surface area (Å²) in [6.45, 7) is 1.74. The van der Waals surface area contributed by atoms with Gasteiger partial charge in [-0.1, -0.05) is 47.5 Å². The average Bonchev–Trinajstić information content (AvgIpc) is 3.10. The summed E-state index contributed by atoms with van der Waals surface area (Å²) in [6, 6.07) is 16.3. The molecular weight excluding hydrogens is 355 g/mol. The van der Waals surface area contributed by atoms with Gasteiger partial charge in [-0.3, -0.25) is 4.79 Å². The molecule has 3 rings (SSSR count). The number of benzene rings is 2. The monoisotopic (exact) mass is 376 g/mol. The van der Waals surface area contributed by atoms with Crippen LogP contribution in [0.5, 0.6) is 0 Å². The van der Waals surface area contributed by atoms with Crippen LogP contribution in [0.2, 0.25) is 10.0 Å². The van der Waals surface area contributed by atoms with Crippen LogP contribution in [0.25, 0.3) is 0 Å². The van der Waals surface area contributed by atoms with Crippen molar-refractivity contribution in [3.05, 3.63) is 64.1 Å². The standard InChI is InChI=1S/C20H22Cl2N2O/c21-18-10-8-15(13-19(18)22)9-11-20(25)23-14-17-7-4-12-24(17)16-5-2-1-3-6-16/h1-3,5-6,8,10,13,17H,4,7,9,11-12,14H2,(H,23,25). The van der Waals surface area contributed by atoms with Crippen LogP contribution in [0.4, 0.5) is 5.69 Å². The second-order valence-electron chi connectivity index (χ2n) is 6.38. The molecule has 0 bridgehead atoms. The lowest BCUT2D eigenvalue weighted by Gasteiger charge is -2.27. The molecule has 1 heterocycles. The first-order valence-electron chi connectivity index (χ1n) is 8.66. The first-order valence-corrected chi connectivity index (χ1v) is 9.41. The van der Waals surface area contributed by atoms with Gasteiger partial charge in [-0.15, -0.1) is 0 Å². The number of halogens is 2. The molecule has 3 nitrogen and oxygen atoms in total. The van der Waals surface area contributed by atoms with Crippen molar-refractivity contribution in [2.45, 2.75) is 31.7 Å². The molecule has 25 heavy (non-hydrogen) atoms. The van der Waals surface area contributed by atoms with Gasteiger partial charge in [0.15, 0.2) is 0 Å². The average molecular weight is 377 g/mol. The summed E-state index contributed by atoms with van der Waals surface area (Å²) in [7, 11) is 0. The van der Waals surface area contributed by atoms with Crippen LogP contribution in [0.15, 0.2) is 48.5 Å². The number of hydrogen-bond acceptors (Lipinski definition) is 2. The quantitative estimate of drug-likeness (QED) is 0.791. The van der Waals surface area contributed by atoms with Crippen molar-refractivity contribution < 1.29 is 4.79 Å². The van der Waals surface area contributed by atoms with Gasteiger partial charge in [0, 0.05) is 31.2 Å². The normalized spacial score (nSPS) is 16.9. The number of aryl methyl sites for hydroxylation is 1. The van der Waals surface area contributed by atoms with Crippen LogP contribution in [0.3, 0.4) is 0 Å². The fourth-order valence-electron chi connectivity index (χ4n) is 3.28. The Bertz CT molecular complexity index is 721. The van der Waals surface area contributed by atoms with E-state index < -0.39 is 0 Å². The smallest absolute Gasteiger partial charge is 0.220 e. The van der Waals surface area contributed by atoms with Crippen molar-refractivity contribution in [1.29, 1.82) is 0 Å². The van der Waals surface area contributed by atoms with Crippen LogP contribution in [-0.4, -0.2) is 25.0 Å². The van der Waals surface area contributed by atoms with E-state index in [-0.39, 0.29) is 5.91 Å². The number of amides is 1. The van der Waals surface area contributed by atoms with Crippen molar-refractivity contribution in [2.24, 2.45) is 0 Å². The van der Waals surface area contributed by atoms with E-state index in [4.69, 9.17) is 23.2 Å². The fourth-order valence-corrected chi connectivity index (χ4v) is 3.60. The second-order valence-corrected chi connectivity index (χ2v) is 7.19. The van der Waals surface area contributed by atoms with Crippen molar-refractivity contribution in [1.82, 2.24) is 5.32 Å². The lowest BCUT2D eigenvalue weighted by molar-refractivity contribution is -0.121. The highest BCUT2D eigenvalue weighted by Crippen LogP contribution is 2.25. The molecule has 1 amide bonds. The summed E-state index contributed by atoms with van der Waals surface area (Å²) in [5.74, 6) is 0.0750. The molecule has 2 aromatic carbocycles. The zero-order chi connectivity index (χ0) is 17.6. The van der Waals surface area contributed by atoms with Crippen LogP contribution in [0.1, 0.15) is 24.8 Å². The van der Waals surface area contributed by atoms with E-state index in [2.05, 4.69) is 34.5 Å². The summed E-state index contributed by atoms with van der Waals surface area (Å²) in [6.07, 6.45) is 3.40. The molecule has 1 unspecified atom stereocenters. The van der Waals surface area contributed by atoms with Gasteiger partial charge >= 0.3 is 0 Å². The molecule has 5 heteroatoms. The predicted octanol–water partition coefficient (Wildman–Crippen LogP) is 4.71. The highest BCUT2D eigenvalue weighted by molar-refractivity contribution is 6.42. The molecule has 0 aromatic heterocycles. The molecule has 0 saturated carbocycles. The van der Waals surface area contributed by atoms with Crippen molar-refractivity contribution in [2.75, 3.05) is 18.0 Å². The van der Waals surface area contributed by atoms with E-state index in [1.807, 2.05) is 18.2 Å². The van der Waals surface area contributed by atoms with Crippen molar-refractivity contribution in [3.63, 3.8) is 0 Å². The number of rotatable bonds is 6. The van der Waals surface area contributed by atoms with E-state index in [1.165, 1.54) is 12.1 Å². The van der Waals surface area contributed by atoms with E-state index in [9.17, 15) is 4.79 Å². The summed E-state index contributed by atoms with van der Waals surface area (Å²) in [5.41, 5.74) is 2.26. The molecule has 1 aliphatic rings. The molecule has 1 fully saturated rings. The first kappa shape index (κ1) is 18.1. The van der Waals surface area contributed by atoms with Gasteiger partial charge in [-0.25, -0.2) is 0 Å². The van der Waals surface area contributed by atoms with Crippen molar-refractivity contribution in [3.8, 4) is 0 Å². The molecule has 0 aliphatic carbocycles. The second kappa shape index (κ2) is 8.59. The minimum absolute atomic E-state index is 0.0750. The topological polar surface area (TPSA) is 32.3 Å². The first-order chi connectivity index (χ1) is 12.1. The minimum atomic E-state index is 0.0750. The Labute approximate surface area is 158 Å². The highest BCUT2D eigenvalue weighted by atomic mass is 35.5. The SMILES string of the molecule is O=C(CCc1ccc(Cl)c(Cl)c1)NCC1CCCN1c1ccccc1. The molecule has 1 N–H and O–H groups in total. The third-order valence-electron chi connectivity index (χ3n) is 4.62. The van der Waals surface area contributed by atoms with Gasteiger partial charge in [0.05, 0.1) is 10.0 Å². The number of carbonyl (C=O) groups is 1. The zero-order valence-electron chi connectivity index (χ0n) is 14.1. The maximum Gasteiger partial charge on any atom is 0.220 e. The van der Waals surface area contributed by atoms with Crippen LogP contribution in [0, 0.1) is 0 Å². The Hall–Kier alpha value is -1.71. The van der Waals surface area contributed by atoms with Crippen LogP contribution < -0.4 is 10.2 Å². The Balaban J connectivity index is 1.47. The maximum absolute atomic E-state index is 12.2. The number of anilines is 1. The van der Waals surface area contributed by atoms with E-state index in [1.54, 1.807) is 6.07 Å². The summed E-state index contributed by atoms with van der Waals surface area (Å²) in [4.78, 5) is 14.6. The Morgan fingerprint density at radius 3 is 2.68 bits per heavy atom. The lowest BCUT2D eigenvalue weighted by Crippen LogP contribution is -2.40. The molecule has 0 radical (unpaired) electrons. The molecule has 0 spiro atoms. The van der Waals surface area contributed by atoms with Gasteiger partial charge in [-0.05, 0) is 49.1 Å². The maximum atomic E-state index is 12.2. The zero-order valence-corrected chi connectivity index (χ0v) is 15.6. The summed E-state index contributed by atoms with van der Waals surface area (Å²) in [5, 5.41) is 4.15. The third-order valence-corrected chi connectivity index (χ3v) is 5.36. The van der Waals surface area contributed by atoms with E-state index in [0.717, 1.165) is 18.5 Å². The summed E-state index contributed by atoms with van der Waals surface area (Å²) < 4.78 is 0. The lowest BCUT2D eigenvalue weighted by atomic mass is 10.1. The van der Waals surface area contributed by atoms with Gasteiger partial charge < -0.3 is 10.2 Å². The van der Waals surface area contributed by atoms with Gasteiger partial charge in [0.25, 0.3) is 0 Å². The Morgan fingerprint density at radius 1 is 1.12 bits per heavy atom. The van der Waals surface area contributed by atoms with E-state index in [0.29, 0.717) is 35.5 Å².